The van der Waals surface area contributed by atoms with E-state index in [1.807, 2.05) is 24.3 Å². The lowest BCUT2D eigenvalue weighted by Crippen LogP contribution is -2.31. The van der Waals surface area contributed by atoms with Crippen LogP contribution in [0, 0.1) is 0 Å². The second-order valence-electron chi connectivity index (χ2n) is 4.11. The van der Waals surface area contributed by atoms with Crippen LogP contribution in [-0.2, 0) is 0 Å². The van der Waals surface area contributed by atoms with Crippen molar-refractivity contribution in [3.8, 4) is 5.75 Å². The molecule has 1 aromatic carbocycles. The van der Waals surface area contributed by atoms with Crippen LogP contribution in [0.15, 0.2) is 29.3 Å². The average Bonchev–Trinajstić information content (AvgIpc) is 2.71. The van der Waals surface area contributed by atoms with Crippen LogP contribution in [0.25, 0.3) is 0 Å². The Morgan fingerprint density at radius 2 is 2.00 bits per heavy atom. The zero-order valence-electron chi connectivity index (χ0n) is 10.0. The van der Waals surface area contributed by atoms with E-state index in [4.69, 9.17) is 4.74 Å². The summed E-state index contributed by atoms with van der Waals surface area (Å²) >= 11 is 0. The van der Waals surface area contributed by atoms with Crippen molar-refractivity contribution in [3.63, 3.8) is 0 Å². The van der Waals surface area contributed by atoms with E-state index in [0.717, 1.165) is 23.6 Å². The molecule has 1 N–H and O–H groups in total. The van der Waals surface area contributed by atoms with Crippen LogP contribution < -0.4 is 10.1 Å². The molecule has 1 aromatic rings. The first-order valence-electron chi connectivity index (χ1n) is 5.73. The predicted octanol–water partition coefficient (Wildman–Crippen LogP) is 2.21. The van der Waals surface area contributed by atoms with Crippen molar-refractivity contribution in [2.45, 2.75) is 32.4 Å². The first kappa shape index (κ1) is 11.0. The molecule has 3 heteroatoms. The van der Waals surface area contributed by atoms with Gasteiger partial charge in [0.05, 0.1) is 13.2 Å². The van der Waals surface area contributed by atoms with E-state index in [0.29, 0.717) is 12.1 Å². The van der Waals surface area contributed by atoms with Crippen LogP contribution in [0.2, 0.25) is 0 Å². The average molecular weight is 218 g/mol. The molecule has 0 saturated carbocycles. The van der Waals surface area contributed by atoms with Gasteiger partial charge in [-0.3, -0.25) is 4.99 Å². The third-order valence-electron chi connectivity index (χ3n) is 3.02. The molecule has 2 rings (SSSR count). The summed E-state index contributed by atoms with van der Waals surface area (Å²) in [6, 6.07) is 8.83. The van der Waals surface area contributed by atoms with Gasteiger partial charge in [0.15, 0.2) is 0 Å². The number of methoxy groups -OCH3 is 1. The molecule has 1 heterocycles. The third kappa shape index (κ3) is 2.03. The number of ether oxygens (including phenoxy) is 1. The number of aliphatic imine (C=N–C) groups is 1. The highest BCUT2D eigenvalue weighted by atomic mass is 16.5. The summed E-state index contributed by atoms with van der Waals surface area (Å²) in [5.74, 6) is 1.88. The monoisotopic (exact) mass is 218 g/mol. The first-order valence-corrected chi connectivity index (χ1v) is 5.73. The quantitative estimate of drug-likeness (QED) is 0.844. The van der Waals surface area contributed by atoms with Crippen molar-refractivity contribution in [2.24, 2.45) is 4.99 Å². The van der Waals surface area contributed by atoms with Crippen LogP contribution in [0.4, 0.5) is 0 Å². The minimum atomic E-state index is 0.400. The lowest BCUT2D eigenvalue weighted by atomic mass is 10.1. The van der Waals surface area contributed by atoms with E-state index in [1.54, 1.807) is 7.11 Å². The largest absolute Gasteiger partial charge is 0.497 e. The second-order valence-corrected chi connectivity index (χ2v) is 4.11. The summed E-state index contributed by atoms with van der Waals surface area (Å²) in [5.41, 5.74) is 1.13. The minimum Gasteiger partial charge on any atom is -0.497 e. The van der Waals surface area contributed by atoms with Gasteiger partial charge in [-0.05, 0) is 37.6 Å². The zero-order chi connectivity index (χ0) is 11.5. The molecule has 16 heavy (non-hydrogen) atoms. The smallest absolute Gasteiger partial charge is 0.128 e. The fraction of sp³-hybridized carbons (Fsp3) is 0.462. The number of hydrogen-bond acceptors (Lipinski definition) is 3. The maximum Gasteiger partial charge on any atom is 0.128 e. The summed E-state index contributed by atoms with van der Waals surface area (Å²) < 4.78 is 5.13. The van der Waals surface area contributed by atoms with Gasteiger partial charge in [0.1, 0.15) is 11.6 Å². The molecular formula is C13H18N2O. The van der Waals surface area contributed by atoms with E-state index in [-0.39, 0.29) is 0 Å². The van der Waals surface area contributed by atoms with E-state index < -0.39 is 0 Å². The normalized spacial score (nSPS) is 23.8. The Morgan fingerprint density at radius 1 is 1.31 bits per heavy atom. The molecule has 1 aliphatic heterocycles. The van der Waals surface area contributed by atoms with Gasteiger partial charge >= 0.3 is 0 Å². The number of hydrogen-bond donors (Lipinski definition) is 1. The Bertz CT molecular complexity index is 383. The number of rotatable bonds is 3. The van der Waals surface area contributed by atoms with Crippen molar-refractivity contribution in [1.82, 2.24) is 5.32 Å². The summed E-state index contributed by atoms with van der Waals surface area (Å²) in [7, 11) is 1.68. The van der Waals surface area contributed by atoms with Crippen LogP contribution in [0.5, 0.6) is 5.75 Å². The highest BCUT2D eigenvalue weighted by Crippen LogP contribution is 2.17. The predicted molar refractivity (Wildman–Crippen MR) is 66.2 cm³/mol. The maximum atomic E-state index is 5.13. The molecule has 0 spiro atoms. The number of amidine groups is 1. The summed E-state index contributed by atoms with van der Waals surface area (Å²) in [6.07, 6.45) is 1.08. The first-order chi connectivity index (χ1) is 7.74. The Kier molecular flexibility index (Phi) is 3.13. The Morgan fingerprint density at radius 3 is 2.50 bits per heavy atom. The van der Waals surface area contributed by atoms with Gasteiger partial charge in [0, 0.05) is 11.6 Å². The van der Waals surface area contributed by atoms with Gasteiger partial charge < -0.3 is 10.1 Å². The number of nitrogens with one attached hydrogen (secondary N) is 1. The van der Waals surface area contributed by atoms with Crippen molar-refractivity contribution in [1.29, 1.82) is 0 Å². The molecule has 0 bridgehead atoms. The van der Waals surface area contributed by atoms with Crippen molar-refractivity contribution in [3.05, 3.63) is 29.8 Å². The van der Waals surface area contributed by atoms with E-state index >= 15 is 0 Å². The van der Waals surface area contributed by atoms with Crippen molar-refractivity contribution in [2.75, 3.05) is 7.11 Å². The molecule has 0 amide bonds. The van der Waals surface area contributed by atoms with Gasteiger partial charge in [-0.15, -0.1) is 0 Å². The highest BCUT2D eigenvalue weighted by molar-refractivity contribution is 6.00. The number of benzene rings is 1. The third-order valence-corrected chi connectivity index (χ3v) is 3.02. The zero-order valence-corrected chi connectivity index (χ0v) is 10.0. The van der Waals surface area contributed by atoms with Gasteiger partial charge in [0.25, 0.3) is 0 Å². The Labute approximate surface area is 96.5 Å². The molecule has 1 aliphatic rings. The molecule has 2 unspecified atom stereocenters. The molecule has 0 saturated heterocycles. The van der Waals surface area contributed by atoms with Crippen molar-refractivity contribution >= 4 is 5.84 Å². The summed E-state index contributed by atoms with van der Waals surface area (Å²) in [5, 5.41) is 3.42. The Hall–Kier alpha value is -1.51. The molecule has 3 nitrogen and oxygen atoms in total. The molecular weight excluding hydrogens is 200 g/mol. The molecule has 0 aromatic heterocycles. The molecule has 0 fully saturated rings. The second kappa shape index (κ2) is 4.56. The van der Waals surface area contributed by atoms with Crippen LogP contribution in [-0.4, -0.2) is 25.0 Å². The minimum absolute atomic E-state index is 0.400. The molecule has 0 radical (unpaired) electrons. The standard InChI is InChI=1S/C13H18N2O/c1-4-12-9(2)14-13(15-12)10-5-7-11(16-3)8-6-10/h5-9,12H,4H2,1-3H3,(H,14,15). The fourth-order valence-electron chi connectivity index (χ4n) is 1.98. The summed E-state index contributed by atoms with van der Waals surface area (Å²) in [6.45, 7) is 4.34. The van der Waals surface area contributed by atoms with E-state index in [1.165, 1.54) is 0 Å². The van der Waals surface area contributed by atoms with Crippen LogP contribution in [0.3, 0.4) is 0 Å². The maximum absolute atomic E-state index is 5.13. The molecule has 0 aliphatic carbocycles. The Balaban J connectivity index is 2.19. The SMILES string of the molecule is CCC1N=C(c2ccc(OC)cc2)NC1C. The molecule has 86 valence electrons. The highest BCUT2D eigenvalue weighted by Gasteiger charge is 2.23. The fourth-order valence-corrected chi connectivity index (χ4v) is 1.98. The van der Waals surface area contributed by atoms with Crippen molar-refractivity contribution < 1.29 is 4.74 Å². The summed E-state index contributed by atoms with van der Waals surface area (Å²) in [4.78, 5) is 4.68. The lowest BCUT2D eigenvalue weighted by molar-refractivity contribution is 0.415. The van der Waals surface area contributed by atoms with E-state index in [9.17, 15) is 0 Å². The molecule has 2 atom stereocenters. The topological polar surface area (TPSA) is 33.6 Å². The van der Waals surface area contributed by atoms with Crippen LogP contribution >= 0.6 is 0 Å². The number of nitrogens with zero attached hydrogens (tertiary/aromatic N) is 1. The van der Waals surface area contributed by atoms with E-state index in [2.05, 4.69) is 24.2 Å². The van der Waals surface area contributed by atoms with Gasteiger partial charge in [-0.2, -0.15) is 0 Å². The van der Waals surface area contributed by atoms with Gasteiger partial charge in [-0.1, -0.05) is 6.92 Å². The van der Waals surface area contributed by atoms with Crippen LogP contribution in [0.1, 0.15) is 25.8 Å². The van der Waals surface area contributed by atoms with Gasteiger partial charge in [0.2, 0.25) is 0 Å². The lowest BCUT2D eigenvalue weighted by Gasteiger charge is -2.10. The van der Waals surface area contributed by atoms with Gasteiger partial charge in [-0.25, -0.2) is 0 Å².